The maximum Gasteiger partial charge on any atom is 0.130 e. The Morgan fingerprint density at radius 2 is 2.13 bits per heavy atom. The fraction of sp³-hybridized carbons (Fsp3) is 0.333. The zero-order valence-electron chi connectivity index (χ0n) is 9.30. The monoisotopic (exact) mass is 225 g/mol. The van der Waals surface area contributed by atoms with Gasteiger partial charge in [-0.05, 0) is 25.5 Å². The van der Waals surface area contributed by atoms with Gasteiger partial charge in [0.15, 0.2) is 0 Å². The minimum atomic E-state index is 0.518. The van der Waals surface area contributed by atoms with E-state index in [-0.39, 0.29) is 0 Å². The zero-order valence-corrected chi connectivity index (χ0v) is 10.1. The summed E-state index contributed by atoms with van der Waals surface area (Å²) in [6.07, 6.45) is 3.87. The summed E-state index contributed by atoms with van der Waals surface area (Å²) in [4.78, 5) is 0. The first kappa shape index (κ1) is 12.1. The van der Waals surface area contributed by atoms with Gasteiger partial charge >= 0.3 is 0 Å². The van der Waals surface area contributed by atoms with Gasteiger partial charge in [0.2, 0.25) is 0 Å². The lowest BCUT2D eigenvalue weighted by Gasteiger charge is -2.13. The maximum atomic E-state index is 6.08. The smallest absolute Gasteiger partial charge is 0.130 e. The van der Waals surface area contributed by atoms with Crippen LogP contribution in [-0.2, 0) is 0 Å². The third kappa shape index (κ3) is 2.52. The molecule has 3 heteroatoms. The third-order valence-electron chi connectivity index (χ3n) is 2.34. The standard InChI is InChI=1S/C12H16ClNO/c1-8-7-11(13)9(2)12(15-3)10(8)5-4-6-14/h4-5,7H,6,14H2,1-3H3/b5-4+. The van der Waals surface area contributed by atoms with Crippen LogP contribution in [0.25, 0.3) is 6.08 Å². The highest BCUT2D eigenvalue weighted by molar-refractivity contribution is 6.31. The lowest BCUT2D eigenvalue weighted by molar-refractivity contribution is 0.410. The van der Waals surface area contributed by atoms with Gasteiger partial charge in [-0.25, -0.2) is 0 Å². The van der Waals surface area contributed by atoms with Gasteiger partial charge in [-0.3, -0.25) is 0 Å². The van der Waals surface area contributed by atoms with Gasteiger partial charge in [0, 0.05) is 22.7 Å². The van der Waals surface area contributed by atoms with Crippen molar-refractivity contribution in [2.45, 2.75) is 13.8 Å². The van der Waals surface area contributed by atoms with E-state index in [0.717, 1.165) is 27.5 Å². The molecule has 0 heterocycles. The Hall–Kier alpha value is -0.990. The van der Waals surface area contributed by atoms with E-state index in [0.29, 0.717) is 6.54 Å². The quantitative estimate of drug-likeness (QED) is 0.859. The molecule has 0 spiro atoms. The summed E-state index contributed by atoms with van der Waals surface area (Å²) in [6.45, 7) is 4.47. The Morgan fingerprint density at radius 3 is 2.67 bits per heavy atom. The van der Waals surface area contributed by atoms with E-state index in [1.165, 1.54) is 0 Å². The van der Waals surface area contributed by atoms with Gasteiger partial charge in [-0.15, -0.1) is 0 Å². The molecule has 0 bridgehead atoms. The third-order valence-corrected chi connectivity index (χ3v) is 2.73. The summed E-state index contributed by atoms with van der Waals surface area (Å²) in [6, 6.07) is 1.94. The average molecular weight is 226 g/mol. The molecule has 0 aliphatic heterocycles. The Labute approximate surface area is 95.7 Å². The van der Waals surface area contributed by atoms with Crippen LogP contribution in [0.3, 0.4) is 0 Å². The number of benzene rings is 1. The highest BCUT2D eigenvalue weighted by Gasteiger charge is 2.10. The lowest BCUT2D eigenvalue weighted by Crippen LogP contribution is -1.96. The molecule has 0 aromatic heterocycles. The van der Waals surface area contributed by atoms with Crippen molar-refractivity contribution >= 4 is 17.7 Å². The molecule has 0 aliphatic carbocycles. The van der Waals surface area contributed by atoms with Gasteiger partial charge in [0.05, 0.1) is 7.11 Å². The number of hydrogen-bond donors (Lipinski definition) is 1. The summed E-state index contributed by atoms with van der Waals surface area (Å²) in [7, 11) is 1.65. The molecule has 2 N–H and O–H groups in total. The van der Waals surface area contributed by atoms with E-state index in [4.69, 9.17) is 22.1 Å². The van der Waals surface area contributed by atoms with Crippen molar-refractivity contribution in [1.82, 2.24) is 0 Å². The molecule has 0 atom stereocenters. The van der Waals surface area contributed by atoms with E-state index >= 15 is 0 Å². The highest BCUT2D eigenvalue weighted by atomic mass is 35.5. The van der Waals surface area contributed by atoms with Crippen LogP contribution >= 0.6 is 11.6 Å². The van der Waals surface area contributed by atoms with E-state index in [2.05, 4.69) is 0 Å². The fourth-order valence-corrected chi connectivity index (χ4v) is 1.77. The van der Waals surface area contributed by atoms with Crippen LogP contribution in [0.4, 0.5) is 0 Å². The highest BCUT2D eigenvalue weighted by Crippen LogP contribution is 2.33. The number of methoxy groups -OCH3 is 1. The van der Waals surface area contributed by atoms with Crippen molar-refractivity contribution in [1.29, 1.82) is 0 Å². The lowest BCUT2D eigenvalue weighted by atomic mass is 10.0. The Morgan fingerprint density at radius 1 is 1.47 bits per heavy atom. The van der Waals surface area contributed by atoms with Crippen LogP contribution in [0.5, 0.6) is 5.75 Å². The Balaban J connectivity index is 3.35. The average Bonchev–Trinajstić information content (AvgIpc) is 2.21. The molecule has 1 aromatic carbocycles. The van der Waals surface area contributed by atoms with Crippen molar-refractivity contribution in [3.05, 3.63) is 33.9 Å². The molecular weight excluding hydrogens is 210 g/mol. The van der Waals surface area contributed by atoms with Gasteiger partial charge in [-0.1, -0.05) is 23.8 Å². The number of rotatable bonds is 3. The molecule has 0 unspecified atom stereocenters. The first-order valence-corrected chi connectivity index (χ1v) is 5.20. The van der Waals surface area contributed by atoms with Crippen LogP contribution in [0.1, 0.15) is 16.7 Å². The zero-order chi connectivity index (χ0) is 11.4. The summed E-state index contributed by atoms with van der Waals surface area (Å²) >= 11 is 6.08. The summed E-state index contributed by atoms with van der Waals surface area (Å²) < 4.78 is 5.36. The molecule has 1 aromatic rings. The first-order chi connectivity index (χ1) is 7.11. The second kappa shape index (κ2) is 5.19. The van der Waals surface area contributed by atoms with Crippen LogP contribution in [0.15, 0.2) is 12.1 Å². The summed E-state index contributed by atoms with van der Waals surface area (Å²) in [5.41, 5.74) is 8.53. The molecule has 82 valence electrons. The van der Waals surface area contributed by atoms with Gasteiger partial charge < -0.3 is 10.5 Å². The molecule has 0 radical (unpaired) electrons. The molecule has 0 saturated heterocycles. The minimum Gasteiger partial charge on any atom is -0.496 e. The van der Waals surface area contributed by atoms with Crippen molar-refractivity contribution in [2.24, 2.45) is 5.73 Å². The molecule has 2 nitrogen and oxygen atoms in total. The normalized spacial score (nSPS) is 11.0. The van der Waals surface area contributed by atoms with Crippen LogP contribution in [0.2, 0.25) is 5.02 Å². The van der Waals surface area contributed by atoms with Gasteiger partial charge in [0.1, 0.15) is 5.75 Å². The molecule has 0 aliphatic rings. The van der Waals surface area contributed by atoms with Gasteiger partial charge in [0.25, 0.3) is 0 Å². The van der Waals surface area contributed by atoms with E-state index in [9.17, 15) is 0 Å². The second-order valence-electron chi connectivity index (χ2n) is 3.39. The molecule has 0 fully saturated rings. The Kier molecular flexibility index (Phi) is 4.18. The second-order valence-corrected chi connectivity index (χ2v) is 3.79. The summed E-state index contributed by atoms with van der Waals surface area (Å²) in [5.74, 6) is 0.824. The molecule has 0 amide bonds. The minimum absolute atomic E-state index is 0.518. The van der Waals surface area contributed by atoms with Gasteiger partial charge in [-0.2, -0.15) is 0 Å². The van der Waals surface area contributed by atoms with Crippen LogP contribution < -0.4 is 10.5 Å². The maximum absolute atomic E-state index is 6.08. The molecule has 0 saturated carbocycles. The Bertz CT molecular complexity index is 386. The first-order valence-electron chi connectivity index (χ1n) is 4.82. The van der Waals surface area contributed by atoms with Crippen molar-refractivity contribution in [3.8, 4) is 5.75 Å². The topological polar surface area (TPSA) is 35.2 Å². The van der Waals surface area contributed by atoms with Crippen LogP contribution in [-0.4, -0.2) is 13.7 Å². The molecule has 15 heavy (non-hydrogen) atoms. The molecule has 1 rings (SSSR count). The fourth-order valence-electron chi connectivity index (χ4n) is 1.52. The number of halogens is 1. The summed E-state index contributed by atoms with van der Waals surface area (Å²) in [5, 5.41) is 0.731. The number of hydrogen-bond acceptors (Lipinski definition) is 2. The predicted octanol–water partition coefficient (Wildman–Crippen LogP) is 2.94. The van der Waals surface area contributed by atoms with Crippen molar-refractivity contribution in [3.63, 3.8) is 0 Å². The largest absolute Gasteiger partial charge is 0.496 e. The molecular formula is C12H16ClNO. The number of aryl methyl sites for hydroxylation is 1. The SMILES string of the molecule is COc1c(C)c(Cl)cc(C)c1/C=C/CN. The predicted molar refractivity (Wildman–Crippen MR) is 65.6 cm³/mol. The van der Waals surface area contributed by atoms with Crippen molar-refractivity contribution < 1.29 is 4.74 Å². The van der Waals surface area contributed by atoms with E-state index in [1.807, 2.05) is 32.1 Å². The van der Waals surface area contributed by atoms with Crippen LogP contribution in [0, 0.1) is 13.8 Å². The number of ether oxygens (including phenoxy) is 1. The number of nitrogens with two attached hydrogens (primary N) is 1. The van der Waals surface area contributed by atoms with E-state index in [1.54, 1.807) is 7.11 Å². The van der Waals surface area contributed by atoms with Crippen molar-refractivity contribution in [2.75, 3.05) is 13.7 Å². The van der Waals surface area contributed by atoms with E-state index < -0.39 is 0 Å².